The predicted molar refractivity (Wildman–Crippen MR) is 59.4 cm³/mol. The Morgan fingerprint density at radius 1 is 1.47 bits per heavy atom. The number of phenols is 1. The third kappa shape index (κ3) is 2.70. The smallest absolute Gasteiger partial charge is 0.297 e. The van der Waals surface area contributed by atoms with Crippen molar-refractivity contribution in [3.8, 4) is 5.75 Å². The molecule has 0 unspecified atom stereocenters. The molecule has 0 radical (unpaired) electrons. The number of rotatable bonds is 3. The van der Waals surface area contributed by atoms with Crippen molar-refractivity contribution in [2.24, 2.45) is 0 Å². The van der Waals surface area contributed by atoms with E-state index >= 15 is 0 Å². The number of aromatic hydroxyl groups is 1. The van der Waals surface area contributed by atoms with Gasteiger partial charge >= 0.3 is 0 Å². The Morgan fingerprint density at radius 3 is 2.53 bits per heavy atom. The fourth-order valence-corrected chi connectivity index (χ4v) is 2.81. The van der Waals surface area contributed by atoms with Crippen LogP contribution in [-0.4, -0.2) is 20.1 Å². The van der Waals surface area contributed by atoms with E-state index in [0.717, 1.165) is 0 Å². The second kappa shape index (κ2) is 4.51. The van der Waals surface area contributed by atoms with Crippen LogP contribution in [0.5, 0.6) is 5.75 Å². The largest absolute Gasteiger partial charge is 0.506 e. The lowest BCUT2D eigenvalue weighted by molar-refractivity contribution is 0.338. The zero-order valence-corrected chi connectivity index (χ0v) is 10.7. The number of hydrogen-bond donors (Lipinski definition) is 1. The summed E-state index contributed by atoms with van der Waals surface area (Å²) in [6.45, 7) is 3.30. The molecule has 0 aromatic heterocycles. The van der Waals surface area contributed by atoms with Gasteiger partial charge in [-0.05, 0) is 47.5 Å². The Bertz CT molecular complexity index is 444. The first kappa shape index (κ1) is 12.5. The molecule has 4 nitrogen and oxygen atoms in total. The lowest BCUT2D eigenvalue weighted by Gasteiger charge is -2.07. The Hall–Kier alpha value is -0.590. The van der Waals surface area contributed by atoms with Gasteiger partial charge in [-0.1, -0.05) is 0 Å². The molecule has 0 aliphatic rings. The van der Waals surface area contributed by atoms with Gasteiger partial charge in [0, 0.05) is 0 Å². The third-order valence-electron chi connectivity index (χ3n) is 1.79. The van der Waals surface area contributed by atoms with Gasteiger partial charge in [-0.25, -0.2) is 0 Å². The lowest BCUT2D eigenvalue weighted by Crippen LogP contribution is -2.06. The van der Waals surface area contributed by atoms with Crippen molar-refractivity contribution in [1.82, 2.24) is 0 Å². The van der Waals surface area contributed by atoms with Crippen molar-refractivity contribution >= 4 is 26.0 Å². The Balaban J connectivity index is 3.29. The first-order chi connectivity index (χ1) is 6.88. The zero-order valence-electron chi connectivity index (χ0n) is 8.32. The van der Waals surface area contributed by atoms with Crippen molar-refractivity contribution < 1.29 is 17.7 Å². The van der Waals surface area contributed by atoms with Crippen LogP contribution in [0.25, 0.3) is 0 Å². The normalized spacial score (nSPS) is 11.7. The first-order valence-corrected chi connectivity index (χ1v) is 6.47. The van der Waals surface area contributed by atoms with Crippen molar-refractivity contribution in [3.05, 3.63) is 22.2 Å². The molecule has 0 aliphatic heterocycles. The predicted octanol–water partition coefficient (Wildman–Crippen LogP) is 2.19. The minimum absolute atomic E-state index is 0.0328. The molecule has 0 spiro atoms. The Kier molecular flexibility index (Phi) is 3.75. The summed E-state index contributed by atoms with van der Waals surface area (Å²) in [4.78, 5) is 0.0338. The summed E-state index contributed by atoms with van der Waals surface area (Å²) in [6, 6.07) is 2.68. The van der Waals surface area contributed by atoms with Gasteiger partial charge in [-0.3, -0.25) is 4.18 Å². The van der Waals surface area contributed by atoms with E-state index in [9.17, 15) is 13.5 Å². The molecule has 1 rings (SSSR count). The molecule has 0 aliphatic carbocycles. The van der Waals surface area contributed by atoms with Crippen molar-refractivity contribution in [2.75, 3.05) is 6.61 Å². The molecule has 15 heavy (non-hydrogen) atoms. The summed E-state index contributed by atoms with van der Waals surface area (Å²) in [5.41, 5.74) is 0.475. The van der Waals surface area contributed by atoms with Gasteiger partial charge in [-0.2, -0.15) is 8.42 Å². The van der Waals surface area contributed by atoms with E-state index in [0.29, 0.717) is 10.0 Å². The van der Waals surface area contributed by atoms with Crippen LogP contribution >= 0.6 is 15.9 Å². The Morgan fingerprint density at radius 2 is 2.07 bits per heavy atom. The van der Waals surface area contributed by atoms with E-state index in [2.05, 4.69) is 20.1 Å². The number of halogens is 1. The van der Waals surface area contributed by atoms with E-state index in [1.807, 2.05) is 0 Å². The molecule has 0 amide bonds. The maximum atomic E-state index is 11.5. The van der Waals surface area contributed by atoms with Gasteiger partial charge in [0.15, 0.2) is 0 Å². The maximum Gasteiger partial charge on any atom is 0.297 e. The van der Waals surface area contributed by atoms with Crippen LogP contribution < -0.4 is 0 Å². The molecule has 1 N–H and O–H groups in total. The summed E-state index contributed by atoms with van der Waals surface area (Å²) in [5, 5.41) is 9.44. The molecule has 0 heterocycles. The highest BCUT2D eigenvalue weighted by molar-refractivity contribution is 9.10. The van der Waals surface area contributed by atoms with E-state index in [-0.39, 0.29) is 17.3 Å². The quantitative estimate of drug-likeness (QED) is 0.868. The highest BCUT2D eigenvalue weighted by Gasteiger charge is 2.17. The van der Waals surface area contributed by atoms with E-state index in [1.54, 1.807) is 13.8 Å². The second-order valence-electron chi connectivity index (χ2n) is 2.93. The molecule has 0 saturated heterocycles. The van der Waals surface area contributed by atoms with Crippen molar-refractivity contribution in [1.29, 1.82) is 0 Å². The van der Waals surface area contributed by atoms with Crippen LogP contribution in [-0.2, 0) is 14.3 Å². The summed E-state index contributed by atoms with van der Waals surface area (Å²) in [6.07, 6.45) is 0. The van der Waals surface area contributed by atoms with Crippen LogP contribution in [0, 0.1) is 6.92 Å². The molecular formula is C9H11BrO4S. The molecule has 1 aromatic carbocycles. The fraction of sp³-hybridized carbons (Fsp3) is 0.333. The third-order valence-corrected chi connectivity index (χ3v) is 3.75. The molecule has 0 saturated carbocycles. The summed E-state index contributed by atoms with van der Waals surface area (Å²) < 4.78 is 28.0. The van der Waals surface area contributed by atoms with Gasteiger partial charge < -0.3 is 5.11 Å². The van der Waals surface area contributed by atoms with Crippen molar-refractivity contribution in [3.63, 3.8) is 0 Å². The van der Waals surface area contributed by atoms with Crippen LogP contribution in [0.15, 0.2) is 21.5 Å². The second-order valence-corrected chi connectivity index (χ2v) is 5.40. The van der Waals surface area contributed by atoms with Gasteiger partial charge in [0.1, 0.15) is 5.75 Å². The molecule has 0 fully saturated rings. The SMILES string of the molecule is CCOS(=O)(=O)c1cc(C)c(O)c(Br)c1. The molecule has 6 heteroatoms. The summed E-state index contributed by atoms with van der Waals surface area (Å²) in [5.74, 6) is 0.0328. The standard InChI is InChI=1S/C9H11BrO4S/c1-3-14-15(12,13)7-4-6(2)9(11)8(10)5-7/h4-5,11H,3H2,1-2H3. The number of phenolic OH excluding ortho intramolecular Hbond substituents is 1. The van der Waals surface area contributed by atoms with Crippen LogP contribution in [0.2, 0.25) is 0 Å². The van der Waals surface area contributed by atoms with Gasteiger partial charge in [0.25, 0.3) is 10.1 Å². The van der Waals surface area contributed by atoms with Crippen molar-refractivity contribution in [2.45, 2.75) is 18.7 Å². The monoisotopic (exact) mass is 294 g/mol. The zero-order chi connectivity index (χ0) is 11.6. The van der Waals surface area contributed by atoms with Crippen LogP contribution in [0.3, 0.4) is 0 Å². The molecule has 84 valence electrons. The maximum absolute atomic E-state index is 11.5. The van der Waals surface area contributed by atoms with E-state index < -0.39 is 10.1 Å². The van der Waals surface area contributed by atoms with Gasteiger partial charge in [-0.15, -0.1) is 0 Å². The Labute approximate surface area is 97.1 Å². The van der Waals surface area contributed by atoms with Crippen LogP contribution in [0.4, 0.5) is 0 Å². The average molecular weight is 295 g/mol. The molecule has 0 bridgehead atoms. The highest BCUT2D eigenvalue weighted by Crippen LogP contribution is 2.30. The first-order valence-electron chi connectivity index (χ1n) is 4.27. The van der Waals surface area contributed by atoms with Crippen LogP contribution in [0.1, 0.15) is 12.5 Å². The lowest BCUT2D eigenvalue weighted by atomic mass is 10.2. The highest BCUT2D eigenvalue weighted by atomic mass is 79.9. The minimum Gasteiger partial charge on any atom is -0.506 e. The number of hydrogen-bond acceptors (Lipinski definition) is 4. The fourth-order valence-electron chi connectivity index (χ4n) is 1.07. The molecular weight excluding hydrogens is 284 g/mol. The summed E-state index contributed by atoms with van der Waals surface area (Å²) >= 11 is 3.07. The molecule has 1 aromatic rings. The number of aryl methyl sites for hydroxylation is 1. The van der Waals surface area contributed by atoms with E-state index in [4.69, 9.17) is 0 Å². The number of benzene rings is 1. The van der Waals surface area contributed by atoms with Gasteiger partial charge in [0.2, 0.25) is 0 Å². The molecule has 0 atom stereocenters. The minimum atomic E-state index is -3.71. The van der Waals surface area contributed by atoms with E-state index in [1.165, 1.54) is 12.1 Å². The topological polar surface area (TPSA) is 63.6 Å². The average Bonchev–Trinajstić information content (AvgIpc) is 2.13. The van der Waals surface area contributed by atoms with Gasteiger partial charge in [0.05, 0.1) is 16.0 Å². The summed E-state index contributed by atoms with van der Waals surface area (Å²) in [7, 11) is -3.71.